The zero-order valence-corrected chi connectivity index (χ0v) is 10.2. The van der Waals surface area contributed by atoms with Crippen molar-refractivity contribution >= 4 is 8.56 Å². The van der Waals surface area contributed by atoms with Crippen molar-refractivity contribution in [3.63, 3.8) is 0 Å². The fraction of sp³-hybridized carbons (Fsp3) is 0.900. The Morgan fingerprint density at radius 2 is 1.77 bits per heavy atom. The van der Waals surface area contributed by atoms with Crippen LogP contribution in [0.4, 0.5) is 0 Å². The van der Waals surface area contributed by atoms with Crippen LogP contribution in [0, 0.1) is 12.0 Å². The van der Waals surface area contributed by atoms with Crippen molar-refractivity contribution in [2.24, 2.45) is 5.92 Å². The number of hydrogen-bond acceptors (Lipinski definition) is 2. The molecular weight excluding hydrogens is 180 g/mol. The van der Waals surface area contributed by atoms with Gasteiger partial charge < -0.3 is 8.85 Å². The Morgan fingerprint density at radius 1 is 1.23 bits per heavy atom. The van der Waals surface area contributed by atoms with Crippen LogP contribution in [0.5, 0.6) is 0 Å². The standard InChI is InChI=1S/C10H21O2Si/c1-9(2)13(11-3,12-4)8-10-6-5-7-10/h8-10H,5-7H2,1-4H3. The summed E-state index contributed by atoms with van der Waals surface area (Å²) in [5.74, 6) is 0.758. The third-order valence-corrected chi connectivity index (χ3v) is 6.88. The van der Waals surface area contributed by atoms with E-state index in [9.17, 15) is 0 Å². The van der Waals surface area contributed by atoms with Crippen molar-refractivity contribution < 1.29 is 8.85 Å². The largest absolute Gasteiger partial charge is 0.397 e. The molecule has 0 aliphatic heterocycles. The normalized spacial score (nSPS) is 19.2. The van der Waals surface area contributed by atoms with Gasteiger partial charge in [0, 0.05) is 20.3 Å². The first kappa shape index (κ1) is 11.2. The smallest absolute Gasteiger partial charge is 0.343 e. The van der Waals surface area contributed by atoms with Crippen LogP contribution in [-0.4, -0.2) is 22.8 Å². The third kappa shape index (κ3) is 2.33. The SMILES string of the molecule is CO[Si]([CH]C1CCC1)(OC)C(C)C. The molecule has 0 spiro atoms. The maximum Gasteiger partial charge on any atom is 0.343 e. The van der Waals surface area contributed by atoms with E-state index in [1.165, 1.54) is 19.3 Å². The van der Waals surface area contributed by atoms with E-state index in [0.29, 0.717) is 5.54 Å². The molecule has 0 aromatic rings. The van der Waals surface area contributed by atoms with Gasteiger partial charge >= 0.3 is 8.56 Å². The van der Waals surface area contributed by atoms with Crippen LogP contribution >= 0.6 is 0 Å². The first-order valence-electron chi connectivity index (χ1n) is 5.11. The molecule has 1 aliphatic carbocycles. The van der Waals surface area contributed by atoms with Crippen molar-refractivity contribution in [2.45, 2.75) is 38.7 Å². The molecule has 1 rings (SSSR count). The highest BCUT2D eigenvalue weighted by Crippen LogP contribution is 2.36. The van der Waals surface area contributed by atoms with Crippen molar-refractivity contribution in [1.82, 2.24) is 0 Å². The minimum absolute atomic E-state index is 0.503. The van der Waals surface area contributed by atoms with Crippen molar-refractivity contribution in [3.8, 4) is 0 Å². The molecule has 0 aromatic heterocycles. The van der Waals surface area contributed by atoms with Crippen molar-refractivity contribution in [2.75, 3.05) is 14.2 Å². The van der Waals surface area contributed by atoms with Crippen LogP contribution in [-0.2, 0) is 8.85 Å². The van der Waals surface area contributed by atoms with E-state index in [1.54, 1.807) is 14.2 Å². The summed E-state index contributed by atoms with van der Waals surface area (Å²) >= 11 is 0. The monoisotopic (exact) mass is 201 g/mol. The first-order chi connectivity index (χ1) is 6.14. The predicted octanol–water partition coefficient (Wildman–Crippen LogP) is 2.67. The maximum absolute atomic E-state index is 5.62. The topological polar surface area (TPSA) is 18.5 Å². The fourth-order valence-corrected chi connectivity index (χ4v) is 4.58. The Kier molecular flexibility index (Phi) is 3.95. The van der Waals surface area contributed by atoms with Crippen LogP contribution in [0.25, 0.3) is 0 Å². The van der Waals surface area contributed by atoms with Gasteiger partial charge in [-0.05, 0) is 11.5 Å². The average molecular weight is 201 g/mol. The van der Waals surface area contributed by atoms with E-state index in [4.69, 9.17) is 8.85 Å². The second-order valence-corrected chi connectivity index (χ2v) is 7.89. The van der Waals surface area contributed by atoms with Crippen LogP contribution in [0.15, 0.2) is 0 Å². The summed E-state index contributed by atoms with van der Waals surface area (Å²) in [6.07, 6.45) is 4.03. The number of hydrogen-bond donors (Lipinski definition) is 0. The second-order valence-electron chi connectivity index (χ2n) is 4.14. The Hall–Kier alpha value is 0.137. The Labute approximate surface area is 82.9 Å². The molecule has 77 valence electrons. The van der Waals surface area contributed by atoms with E-state index < -0.39 is 8.56 Å². The predicted molar refractivity (Wildman–Crippen MR) is 56.5 cm³/mol. The third-order valence-electron chi connectivity index (χ3n) is 3.06. The van der Waals surface area contributed by atoms with E-state index in [1.807, 2.05) is 0 Å². The van der Waals surface area contributed by atoms with Gasteiger partial charge in [-0.25, -0.2) is 0 Å². The van der Waals surface area contributed by atoms with Crippen LogP contribution in [0.3, 0.4) is 0 Å². The minimum atomic E-state index is -1.98. The number of rotatable bonds is 5. The summed E-state index contributed by atoms with van der Waals surface area (Å²) in [6.45, 7) is 4.38. The van der Waals surface area contributed by atoms with Gasteiger partial charge in [0.1, 0.15) is 0 Å². The molecule has 0 amide bonds. The molecule has 13 heavy (non-hydrogen) atoms. The highest BCUT2D eigenvalue weighted by Gasteiger charge is 2.43. The van der Waals surface area contributed by atoms with Gasteiger partial charge in [-0.2, -0.15) is 0 Å². The van der Waals surface area contributed by atoms with Gasteiger partial charge in [0.2, 0.25) is 0 Å². The lowest BCUT2D eigenvalue weighted by atomic mass is 9.87. The van der Waals surface area contributed by atoms with Gasteiger partial charge in [0.25, 0.3) is 0 Å². The molecule has 1 aliphatic rings. The summed E-state index contributed by atoms with van der Waals surface area (Å²) in [6, 6.07) is 2.38. The molecule has 0 aromatic carbocycles. The van der Waals surface area contributed by atoms with Crippen LogP contribution < -0.4 is 0 Å². The maximum atomic E-state index is 5.62. The molecular formula is C10H21O2Si. The van der Waals surface area contributed by atoms with Crippen LogP contribution in [0.2, 0.25) is 5.54 Å². The van der Waals surface area contributed by atoms with Crippen molar-refractivity contribution in [3.05, 3.63) is 6.04 Å². The Balaban J connectivity index is 2.52. The molecule has 1 saturated carbocycles. The molecule has 0 heterocycles. The van der Waals surface area contributed by atoms with E-state index in [-0.39, 0.29) is 0 Å². The lowest BCUT2D eigenvalue weighted by molar-refractivity contribution is 0.227. The molecule has 0 N–H and O–H groups in total. The zero-order valence-electron chi connectivity index (χ0n) is 9.17. The molecule has 0 bridgehead atoms. The van der Waals surface area contributed by atoms with Gasteiger partial charge in [-0.1, -0.05) is 33.1 Å². The molecule has 1 fully saturated rings. The molecule has 3 heteroatoms. The summed E-state index contributed by atoms with van der Waals surface area (Å²) in [5.41, 5.74) is 0.503. The quantitative estimate of drug-likeness (QED) is 0.637. The summed E-state index contributed by atoms with van der Waals surface area (Å²) in [7, 11) is 1.59. The van der Waals surface area contributed by atoms with Crippen molar-refractivity contribution in [1.29, 1.82) is 0 Å². The fourth-order valence-electron chi connectivity index (χ4n) is 1.82. The zero-order chi connectivity index (χ0) is 9.90. The van der Waals surface area contributed by atoms with E-state index in [0.717, 1.165) is 5.92 Å². The minimum Gasteiger partial charge on any atom is -0.397 e. The second kappa shape index (κ2) is 4.58. The lowest BCUT2D eigenvalue weighted by Crippen LogP contribution is -2.47. The lowest BCUT2D eigenvalue weighted by Gasteiger charge is -2.37. The van der Waals surface area contributed by atoms with Gasteiger partial charge in [-0.3, -0.25) is 0 Å². The molecule has 2 nitrogen and oxygen atoms in total. The average Bonchev–Trinajstić information content (AvgIpc) is 2.04. The Morgan fingerprint density at radius 3 is 2.00 bits per heavy atom. The molecule has 0 saturated heterocycles. The highest BCUT2D eigenvalue weighted by molar-refractivity contribution is 6.72. The van der Waals surface area contributed by atoms with Gasteiger partial charge in [0.15, 0.2) is 0 Å². The van der Waals surface area contributed by atoms with E-state index >= 15 is 0 Å². The molecule has 0 atom stereocenters. The molecule has 1 radical (unpaired) electrons. The van der Waals surface area contributed by atoms with Gasteiger partial charge in [0.05, 0.1) is 0 Å². The van der Waals surface area contributed by atoms with E-state index in [2.05, 4.69) is 19.9 Å². The first-order valence-corrected chi connectivity index (χ1v) is 7.08. The highest BCUT2D eigenvalue weighted by atomic mass is 28.4. The molecule has 0 unspecified atom stereocenters. The summed E-state index contributed by atoms with van der Waals surface area (Å²) in [4.78, 5) is 0. The van der Waals surface area contributed by atoms with Gasteiger partial charge in [-0.15, -0.1) is 0 Å². The Bertz CT molecular complexity index is 151. The van der Waals surface area contributed by atoms with Crippen LogP contribution in [0.1, 0.15) is 33.1 Å². The summed E-state index contributed by atoms with van der Waals surface area (Å²) < 4.78 is 11.2. The summed E-state index contributed by atoms with van der Waals surface area (Å²) in [5, 5.41) is 0.